The van der Waals surface area contributed by atoms with Gasteiger partial charge in [-0.3, -0.25) is 4.79 Å². The molecule has 126 valence electrons. The summed E-state index contributed by atoms with van der Waals surface area (Å²) in [6.07, 6.45) is 3.71. The summed E-state index contributed by atoms with van der Waals surface area (Å²) < 4.78 is 11.7. The van der Waals surface area contributed by atoms with Crippen LogP contribution in [0.1, 0.15) is 12.8 Å². The Kier molecular flexibility index (Phi) is 4.82. The van der Waals surface area contributed by atoms with E-state index in [2.05, 4.69) is 4.98 Å². The summed E-state index contributed by atoms with van der Waals surface area (Å²) in [5.74, 6) is 1.30. The molecular weight excluding hydrogens is 294 g/mol. The Morgan fingerprint density at radius 1 is 1.48 bits per heavy atom. The second-order valence-electron chi connectivity index (χ2n) is 6.69. The van der Waals surface area contributed by atoms with Crippen molar-refractivity contribution >= 4 is 5.91 Å². The lowest BCUT2D eigenvalue weighted by atomic mass is 9.79. The van der Waals surface area contributed by atoms with Gasteiger partial charge in [-0.25, -0.2) is 4.98 Å². The van der Waals surface area contributed by atoms with E-state index < -0.39 is 0 Å². The molecule has 0 unspecified atom stereocenters. The predicted octanol–water partition coefficient (Wildman–Crippen LogP) is 1.03. The first-order valence-corrected chi connectivity index (χ1v) is 8.19. The molecule has 6 heteroatoms. The first kappa shape index (κ1) is 16.2. The lowest BCUT2D eigenvalue weighted by Crippen LogP contribution is -2.67. The molecule has 0 aromatic carbocycles. The van der Waals surface area contributed by atoms with E-state index in [-0.39, 0.29) is 11.5 Å². The van der Waals surface area contributed by atoms with Gasteiger partial charge in [-0.05, 0) is 38.9 Å². The number of carbonyl (C=O) groups excluding carboxylic acids is 1. The largest absolute Gasteiger partial charge is 0.478 e. The molecule has 0 saturated carbocycles. The SMILES string of the molecule is CN(C)CC(=O)N1CC2(C1)OCC[C@@H]2CCOc1ccccn1. The molecule has 6 nitrogen and oxygen atoms in total. The van der Waals surface area contributed by atoms with Crippen LogP contribution in [0.25, 0.3) is 0 Å². The van der Waals surface area contributed by atoms with Gasteiger partial charge < -0.3 is 19.3 Å². The van der Waals surface area contributed by atoms with Crippen molar-refractivity contribution in [3.63, 3.8) is 0 Å². The molecule has 0 radical (unpaired) electrons. The third kappa shape index (κ3) is 3.64. The molecule has 2 fully saturated rings. The highest BCUT2D eigenvalue weighted by molar-refractivity contribution is 5.79. The van der Waals surface area contributed by atoms with Gasteiger partial charge in [0.05, 0.1) is 26.2 Å². The number of pyridine rings is 1. The molecule has 1 aromatic rings. The number of ether oxygens (including phenoxy) is 2. The predicted molar refractivity (Wildman–Crippen MR) is 86.3 cm³/mol. The average Bonchev–Trinajstić information content (AvgIpc) is 2.90. The molecule has 3 heterocycles. The third-order valence-corrected chi connectivity index (χ3v) is 4.68. The Balaban J connectivity index is 1.46. The van der Waals surface area contributed by atoms with Gasteiger partial charge in [-0.15, -0.1) is 0 Å². The van der Waals surface area contributed by atoms with E-state index in [0.717, 1.165) is 19.4 Å². The van der Waals surface area contributed by atoms with Gasteiger partial charge in [-0.1, -0.05) is 6.07 Å². The summed E-state index contributed by atoms with van der Waals surface area (Å²) in [6, 6.07) is 5.66. The van der Waals surface area contributed by atoms with E-state index in [1.165, 1.54) is 0 Å². The van der Waals surface area contributed by atoms with E-state index in [1.54, 1.807) is 6.20 Å². The number of hydrogen-bond acceptors (Lipinski definition) is 5. The van der Waals surface area contributed by atoms with Crippen molar-refractivity contribution in [2.45, 2.75) is 18.4 Å². The standard InChI is InChI=1S/C17H25N3O3/c1-19(2)11-16(21)20-12-17(13-20)14(7-10-23-17)6-9-22-15-5-3-4-8-18-15/h3-5,8,14H,6-7,9-13H2,1-2H3/t14-/m0/s1. The average molecular weight is 319 g/mol. The van der Waals surface area contributed by atoms with Crippen molar-refractivity contribution < 1.29 is 14.3 Å². The molecule has 0 N–H and O–H groups in total. The zero-order valence-electron chi connectivity index (χ0n) is 13.9. The van der Waals surface area contributed by atoms with E-state index >= 15 is 0 Å². The normalized spacial score (nSPS) is 22.4. The second-order valence-corrected chi connectivity index (χ2v) is 6.69. The van der Waals surface area contributed by atoms with E-state index in [0.29, 0.717) is 38.0 Å². The van der Waals surface area contributed by atoms with Crippen molar-refractivity contribution in [3.8, 4) is 5.88 Å². The van der Waals surface area contributed by atoms with Gasteiger partial charge in [0.25, 0.3) is 0 Å². The van der Waals surface area contributed by atoms with Crippen LogP contribution in [0.2, 0.25) is 0 Å². The second kappa shape index (κ2) is 6.84. The summed E-state index contributed by atoms with van der Waals surface area (Å²) in [4.78, 5) is 20.0. The minimum absolute atomic E-state index is 0.143. The minimum atomic E-state index is -0.143. The molecule has 0 bridgehead atoms. The lowest BCUT2D eigenvalue weighted by molar-refractivity contribution is -0.166. The fourth-order valence-corrected chi connectivity index (χ4v) is 3.43. The molecule has 1 spiro atoms. The Hall–Kier alpha value is -1.66. The number of likely N-dealkylation sites (tertiary alicyclic amines) is 1. The fraction of sp³-hybridized carbons (Fsp3) is 0.647. The number of likely N-dealkylation sites (N-methyl/N-ethyl adjacent to an activating group) is 1. The number of hydrogen-bond donors (Lipinski definition) is 0. The van der Waals surface area contributed by atoms with Gasteiger partial charge in [-0.2, -0.15) is 0 Å². The van der Waals surface area contributed by atoms with Crippen LogP contribution in [-0.4, -0.2) is 73.2 Å². The van der Waals surface area contributed by atoms with Gasteiger partial charge in [0, 0.05) is 18.9 Å². The molecule has 2 aliphatic rings. The molecule has 1 amide bonds. The highest BCUT2D eigenvalue weighted by Crippen LogP contribution is 2.41. The van der Waals surface area contributed by atoms with E-state index in [4.69, 9.17) is 9.47 Å². The smallest absolute Gasteiger partial charge is 0.236 e. The van der Waals surface area contributed by atoms with Gasteiger partial charge >= 0.3 is 0 Å². The van der Waals surface area contributed by atoms with Crippen molar-refractivity contribution in [2.75, 3.05) is 46.9 Å². The molecule has 1 aromatic heterocycles. The van der Waals surface area contributed by atoms with Crippen LogP contribution in [-0.2, 0) is 9.53 Å². The Bertz CT molecular complexity index is 529. The highest BCUT2D eigenvalue weighted by atomic mass is 16.5. The lowest BCUT2D eigenvalue weighted by Gasteiger charge is -2.50. The van der Waals surface area contributed by atoms with Crippen LogP contribution < -0.4 is 4.74 Å². The quantitative estimate of drug-likeness (QED) is 0.784. The number of carbonyl (C=O) groups is 1. The Morgan fingerprint density at radius 2 is 2.30 bits per heavy atom. The van der Waals surface area contributed by atoms with E-state index in [1.807, 2.05) is 42.1 Å². The maximum atomic E-state index is 12.1. The van der Waals surface area contributed by atoms with Crippen LogP contribution in [0.4, 0.5) is 0 Å². The molecule has 2 aliphatic heterocycles. The zero-order chi connectivity index (χ0) is 16.3. The van der Waals surface area contributed by atoms with Crippen LogP contribution in [0.15, 0.2) is 24.4 Å². The molecule has 0 aliphatic carbocycles. The summed E-state index contributed by atoms with van der Waals surface area (Å²) in [7, 11) is 3.83. The van der Waals surface area contributed by atoms with Gasteiger partial charge in [0.2, 0.25) is 11.8 Å². The van der Waals surface area contributed by atoms with Gasteiger partial charge in [0.15, 0.2) is 0 Å². The maximum Gasteiger partial charge on any atom is 0.236 e. The summed E-state index contributed by atoms with van der Waals surface area (Å²) in [5.41, 5.74) is -0.143. The summed E-state index contributed by atoms with van der Waals surface area (Å²) in [6.45, 7) is 3.31. The number of amides is 1. The molecule has 2 saturated heterocycles. The Morgan fingerprint density at radius 3 is 3.00 bits per heavy atom. The van der Waals surface area contributed by atoms with Crippen molar-refractivity contribution in [1.82, 2.24) is 14.8 Å². The van der Waals surface area contributed by atoms with Crippen molar-refractivity contribution in [1.29, 1.82) is 0 Å². The van der Waals surface area contributed by atoms with Crippen LogP contribution in [0, 0.1) is 5.92 Å². The van der Waals surface area contributed by atoms with Crippen LogP contribution in [0.5, 0.6) is 5.88 Å². The number of aromatic nitrogens is 1. The summed E-state index contributed by atoms with van der Waals surface area (Å²) >= 11 is 0. The number of rotatable bonds is 6. The highest BCUT2D eigenvalue weighted by Gasteiger charge is 2.54. The first-order chi connectivity index (χ1) is 11.1. The molecule has 1 atom stereocenters. The topological polar surface area (TPSA) is 54.9 Å². The number of nitrogens with zero attached hydrogens (tertiary/aromatic N) is 3. The van der Waals surface area contributed by atoms with Crippen LogP contribution >= 0.6 is 0 Å². The molecule has 3 rings (SSSR count). The minimum Gasteiger partial charge on any atom is -0.478 e. The van der Waals surface area contributed by atoms with Gasteiger partial charge in [0.1, 0.15) is 5.60 Å². The van der Waals surface area contributed by atoms with E-state index in [9.17, 15) is 4.79 Å². The maximum absolute atomic E-state index is 12.1. The van der Waals surface area contributed by atoms with Crippen molar-refractivity contribution in [2.24, 2.45) is 5.92 Å². The monoisotopic (exact) mass is 319 g/mol. The fourth-order valence-electron chi connectivity index (χ4n) is 3.43. The molecular formula is C17H25N3O3. The third-order valence-electron chi connectivity index (χ3n) is 4.68. The summed E-state index contributed by atoms with van der Waals surface area (Å²) in [5, 5.41) is 0. The Labute approximate surface area is 137 Å². The van der Waals surface area contributed by atoms with Crippen LogP contribution in [0.3, 0.4) is 0 Å². The zero-order valence-corrected chi connectivity index (χ0v) is 13.9. The van der Waals surface area contributed by atoms with Crippen molar-refractivity contribution in [3.05, 3.63) is 24.4 Å². The first-order valence-electron chi connectivity index (χ1n) is 8.19. The molecule has 23 heavy (non-hydrogen) atoms.